The van der Waals surface area contributed by atoms with Gasteiger partial charge in [-0.2, -0.15) is 11.8 Å². The Hall–Kier alpha value is -1.26. The van der Waals surface area contributed by atoms with E-state index in [4.69, 9.17) is 0 Å². The van der Waals surface area contributed by atoms with E-state index in [-0.39, 0.29) is 0 Å². The number of Topliss-reactive ketones (excluding diaryl/α,β-unsaturated/α-hetero) is 1. The molecule has 2 N–H and O–H groups in total. The zero-order valence-corrected chi connectivity index (χ0v) is 14.4. The summed E-state index contributed by atoms with van der Waals surface area (Å²) in [6.07, 6.45) is 5.23. The van der Waals surface area contributed by atoms with Crippen LogP contribution in [-0.4, -0.2) is 34.9 Å². The van der Waals surface area contributed by atoms with E-state index in [9.17, 15) is 4.79 Å². The van der Waals surface area contributed by atoms with Crippen LogP contribution in [0.4, 0.5) is 0 Å². The number of hydrogen-bond donors (Lipinski definition) is 2. The monoisotopic (exact) mass is 328 g/mol. The number of nitrogens with one attached hydrogen (secondary N) is 2. The highest BCUT2D eigenvalue weighted by atomic mass is 32.2. The van der Waals surface area contributed by atoms with E-state index < -0.39 is 0 Å². The SMILES string of the molecule is CCC(=O)CSC[C@H]1CN[C@@H]2Cc3c[nH]c4cccc(c34)[C@H]2C1. The zero-order chi connectivity index (χ0) is 15.8. The van der Waals surface area contributed by atoms with Gasteiger partial charge in [0.25, 0.3) is 0 Å². The Labute approximate surface area is 141 Å². The third kappa shape index (κ3) is 2.83. The van der Waals surface area contributed by atoms with Crippen molar-refractivity contribution in [3.05, 3.63) is 35.5 Å². The molecule has 2 aromatic rings. The van der Waals surface area contributed by atoms with Crippen molar-refractivity contribution in [2.75, 3.05) is 18.1 Å². The Morgan fingerprint density at radius 1 is 1.39 bits per heavy atom. The van der Waals surface area contributed by atoms with Crippen molar-refractivity contribution in [1.82, 2.24) is 10.3 Å². The second-order valence-electron chi connectivity index (χ2n) is 6.92. The molecule has 23 heavy (non-hydrogen) atoms. The lowest BCUT2D eigenvalue weighted by Crippen LogP contribution is -2.47. The Kier molecular flexibility index (Phi) is 4.20. The van der Waals surface area contributed by atoms with Crippen LogP contribution in [0.3, 0.4) is 0 Å². The van der Waals surface area contributed by atoms with Gasteiger partial charge in [0.05, 0.1) is 5.75 Å². The molecule has 0 unspecified atom stereocenters. The maximum absolute atomic E-state index is 11.5. The Morgan fingerprint density at radius 3 is 3.17 bits per heavy atom. The number of aromatic nitrogens is 1. The van der Waals surface area contributed by atoms with Crippen LogP contribution in [0.2, 0.25) is 0 Å². The summed E-state index contributed by atoms with van der Waals surface area (Å²) < 4.78 is 0. The highest BCUT2D eigenvalue weighted by molar-refractivity contribution is 7.99. The molecule has 0 saturated carbocycles. The van der Waals surface area contributed by atoms with Gasteiger partial charge in [-0.05, 0) is 48.3 Å². The normalized spacial score (nSPS) is 26.2. The number of hydrogen-bond acceptors (Lipinski definition) is 3. The van der Waals surface area contributed by atoms with Crippen molar-refractivity contribution in [2.45, 2.75) is 38.1 Å². The van der Waals surface area contributed by atoms with E-state index in [0.29, 0.717) is 35.8 Å². The number of fused-ring (bicyclic) bond motifs is 2. The predicted molar refractivity (Wildman–Crippen MR) is 97.3 cm³/mol. The second-order valence-corrected chi connectivity index (χ2v) is 7.95. The summed E-state index contributed by atoms with van der Waals surface area (Å²) in [7, 11) is 0. The molecule has 4 heteroatoms. The molecule has 2 heterocycles. The van der Waals surface area contributed by atoms with E-state index in [1.165, 1.54) is 28.5 Å². The van der Waals surface area contributed by atoms with Crippen LogP contribution >= 0.6 is 11.8 Å². The Bertz CT molecular complexity index is 723. The van der Waals surface area contributed by atoms with Crippen LogP contribution in [0, 0.1) is 5.92 Å². The van der Waals surface area contributed by atoms with Crippen LogP contribution in [0.25, 0.3) is 10.9 Å². The van der Waals surface area contributed by atoms with E-state index in [1.54, 1.807) is 0 Å². The molecule has 3 atom stereocenters. The quantitative estimate of drug-likeness (QED) is 0.883. The highest BCUT2D eigenvalue weighted by Gasteiger charge is 2.36. The molecular formula is C19H24N2OS. The minimum Gasteiger partial charge on any atom is -0.361 e. The molecule has 3 nitrogen and oxygen atoms in total. The maximum atomic E-state index is 11.5. The van der Waals surface area contributed by atoms with E-state index >= 15 is 0 Å². The lowest BCUT2D eigenvalue weighted by molar-refractivity contribution is -0.116. The van der Waals surface area contributed by atoms with Gasteiger partial charge in [-0.1, -0.05) is 19.1 Å². The second kappa shape index (κ2) is 6.33. The highest BCUT2D eigenvalue weighted by Crippen LogP contribution is 2.42. The van der Waals surface area contributed by atoms with Crippen LogP contribution in [0.5, 0.6) is 0 Å². The molecule has 1 aliphatic carbocycles. The number of rotatable bonds is 5. The fraction of sp³-hybridized carbons (Fsp3) is 0.526. The van der Waals surface area contributed by atoms with Gasteiger partial charge in [-0.25, -0.2) is 0 Å². The van der Waals surface area contributed by atoms with Gasteiger partial charge in [0.15, 0.2) is 0 Å². The summed E-state index contributed by atoms with van der Waals surface area (Å²) in [5.74, 6) is 3.43. The van der Waals surface area contributed by atoms with Gasteiger partial charge in [-0.3, -0.25) is 4.79 Å². The van der Waals surface area contributed by atoms with Crippen LogP contribution in [0.15, 0.2) is 24.4 Å². The number of carbonyl (C=O) groups is 1. The van der Waals surface area contributed by atoms with Gasteiger partial charge >= 0.3 is 0 Å². The first kappa shape index (κ1) is 15.3. The average molecular weight is 328 g/mol. The summed E-state index contributed by atoms with van der Waals surface area (Å²) in [6, 6.07) is 7.25. The molecule has 0 radical (unpaired) electrons. The fourth-order valence-electron chi connectivity index (χ4n) is 4.19. The van der Waals surface area contributed by atoms with Gasteiger partial charge in [-0.15, -0.1) is 0 Å². The molecule has 4 rings (SSSR count). The Balaban J connectivity index is 1.49. The van der Waals surface area contributed by atoms with Gasteiger partial charge in [0.2, 0.25) is 0 Å². The first-order chi connectivity index (χ1) is 11.3. The van der Waals surface area contributed by atoms with Crippen molar-refractivity contribution in [1.29, 1.82) is 0 Å². The van der Waals surface area contributed by atoms with Crippen molar-refractivity contribution >= 4 is 28.4 Å². The smallest absolute Gasteiger partial charge is 0.142 e. The lowest BCUT2D eigenvalue weighted by Gasteiger charge is -2.40. The van der Waals surface area contributed by atoms with Crippen molar-refractivity contribution < 1.29 is 4.79 Å². The molecular weight excluding hydrogens is 304 g/mol. The predicted octanol–water partition coefficient (Wildman–Crippen LogP) is 3.50. The minimum atomic E-state index is 0.371. The molecule has 1 aromatic heterocycles. The van der Waals surface area contributed by atoms with E-state index in [0.717, 1.165) is 18.7 Å². The summed E-state index contributed by atoms with van der Waals surface area (Å²) in [5.41, 5.74) is 4.26. The van der Waals surface area contributed by atoms with Gasteiger partial charge < -0.3 is 10.3 Å². The summed E-state index contributed by atoms with van der Waals surface area (Å²) in [5, 5.41) is 5.25. The molecule has 1 fully saturated rings. The zero-order valence-electron chi connectivity index (χ0n) is 13.6. The van der Waals surface area contributed by atoms with Crippen molar-refractivity contribution in [2.24, 2.45) is 5.92 Å². The fourth-order valence-corrected chi connectivity index (χ4v) is 5.32. The molecule has 1 saturated heterocycles. The number of benzene rings is 1. The van der Waals surface area contributed by atoms with Crippen LogP contribution < -0.4 is 5.32 Å². The van der Waals surface area contributed by atoms with Gasteiger partial charge in [0, 0.05) is 35.5 Å². The third-order valence-electron chi connectivity index (χ3n) is 5.41. The molecule has 0 amide bonds. The summed E-state index contributed by atoms with van der Waals surface area (Å²) in [4.78, 5) is 14.9. The molecule has 122 valence electrons. The molecule has 1 aliphatic heterocycles. The van der Waals surface area contributed by atoms with Crippen molar-refractivity contribution in [3.63, 3.8) is 0 Å². The Morgan fingerprint density at radius 2 is 2.30 bits per heavy atom. The summed E-state index contributed by atoms with van der Waals surface area (Å²) >= 11 is 1.82. The average Bonchev–Trinajstić information content (AvgIpc) is 2.99. The van der Waals surface area contributed by atoms with E-state index in [1.807, 2.05) is 18.7 Å². The number of carbonyl (C=O) groups excluding carboxylic acids is 1. The van der Waals surface area contributed by atoms with Crippen molar-refractivity contribution in [3.8, 4) is 0 Å². The number of aromatic amines is 1. The summed E-state index contributed by atoms with van der Waals surface area (Å²) in [6.45, 7) is 3.04. The molecule has 1 aromatic carbocycles. The molecule has 2 aliphatic rings. The molecule has 0 spiro atoms. The van der Waals surface area contributed by atoms with Crippen LogP contribution in [-0.2, 0) is 11.2 Å². The first-order valence-corrected chi connectivity index (χ1v) is 9.83. The molecule has 0 bridgehead atoms. The number of thioether (sulfide) groups is 1. The lowest BCUT2D eigenvalue weighted by atomic mass is 9.73. The standard InChI is InChI=1S/C19H24N2OS/c1-2-14(22)11-23-10-12-6-16-15-4-3-5-17-19(15)13(9-21-17)7-18(16)20-8-12/h3-5,9,12,16,18,20-21H,2,6-8,10-11H2,1H3/t12-,16-,18-/m1/s1. The van der Waals surface area contributed by atoms with Gasteiger partial charge in [0.1, 0.15) is 5.78 Å². The minimum absolute atomic E-state index is 0.371. The van der Waals surface area contributed by atoms with E-state index in [2.05, 4.69) is 34.7 Å². The topological polar surface area (TPSA) is 44.9 Å². The maximum Gasteiger partial charge on any atom is 0.142 e. The van der Waals surface area contributed by atoms with Crippen LogP contribution in [0.1, 0.15) is 36.8 Å². The number of ketones is 1. The largest absolute Gasteiger partial charge is 0.361 e. The number of piperidine rings is 1. The first-order valence-electron chi connectivity index (χ1n) is 8.68. The number of H-pyrrole nitrogens is 1. The third-order valence-corrected chi connectivity index (χ3v) is 6.64.